The summed E-state index contributed by atoms with van der Waals surface area (Å²) in [4.78, 5) is 2.33. The van der Waals surface area contributed by atoms with E-state index in [-0.39, 0.29) is 11.6 Å². The second-order valence-corrected chi connectivity index (χ2v) is 6.07. The first-order valence-electron chi connectivity index (χ1n) is 6.49. The molecular formula is C16H18F2NS+. The highest BCUT2D eigenvalue weighted by Gasteiger charge is 2.08. The lowest BCUT2D eigenvalue weighted by molar-refractivity contribution is -0.872. The van der Waals surface area contributed by atoms with Crippen LogP contribution in [0.5, 0.6) is 0 Å². The molecule has 0 aromatic heterocycles. The van der Waals surface area contributed by atoms with Crippen LogP contribution < -0.4 is 4.90 Å². The molecule has 2 aromatic rings. The van der Waals surface area contributed by atoms with Gasteiger partial charge in [0.15, 0.2) is 0 Å². The van der Waals surface area contributed by atoms with E-state index in [9.17, 15) is 8.78 Å². The van der Waals surface area contributed by atoms with Gasteiger partial charge in [0.05, 0.1) is 14.1 Å². The Morgan fingerprint density at radius 2 is 1.60 bits per heavy atom. The minimum atomic E-state index is -0.225. The molecule has 0 saturated heterocycles. The second-order valence-electron chi connectivity index (χ2n) is 5.05. The van der Waals surface area contributed by atoms with Crippen LogP contribution in [0.1, 0.15) is 11.1 Å². The van der Waals surface area contributed by atoms with Gasteiger partial charge in [0.1, 0.15) is 18.2 Å². The van der Waals surface area contributed by atoms with Crippen LogP contribution >= 0.6 is 11.8 Å². The third-order valence-corrected chi connectivity index (χ3v) is 4.06. The predicted molar refractivity (Wildman–Crippen MR) is 78.9 cm³/mol. The molecule has 0 atom stereocenters. The zero-order chi connectivity index (χ0) is 14.5. The normalized spacial score (nSPS) is 11.1. The van der Waals surface area contributed by atoms with Gasteiger partial charge in [0.2, 0.25) is 0 Å². The quantitative estimate of drug-likeness (QED) is 0.831. The van der Waals surface area contributed by atoms with Gasteiger partial charge in [-0.1, -0.05) is 12.1 Å². The molecule has 2 rings (SSSR count). The number of hydrogen-bond acceptors (Lipinski definition) is 1. The monoisotopic (exact) mass is 294 g/mol. The SMILES string of the molecule is C[NH+](C)Cc1cc(F)ccc1SCc1ccc(F)cc1. The van der Waals surface area contributed by atoms with Gasteiger partial charge < -0.3 is 4.90 Å². The molecular weight excluding hydrogens is 276 g/mol. The summed E-state index contributed by atoms with van der Waals surface area (Å²) >= 11 is 1.65. The highest BCUT2D eigenvalue weighted by Crippen LogP contribution is 2.26. The second kappa shape index (κ2) is 6.86. The van der Waals surface area contributed by atoms with Gasteiger partial charge in [-0.3, -0.25) is 0 Å². The van der Waals surface area contributed by atoms with E-state index in [0.29, 0.717) is 0 Å². The summed E-state index contributed by atoms with van der Waals surface area (Å²) in [5.74, 6) is 0.326. The van der Waals surface area contributed by atoms with Crippen molar-refractivity contribution in [2.45, 2.75) is 17.2 Å². The van der Waals surface area contributed by atoms with Crippen LogP contribution in [0.3, 0.4) is 0 Å². The van der Waals surface area contributed by atoms with E-state index >= 15 is 0 Å². The molecule has 0 aliphatic carbocycles. The molecule has 20 heavy (non-hydrogen) atoms. The number of thioether (sulfide) groups is 1. The van der Waals surface area contributed by atoms with Crippen molar-refractivity contribution in [3.05, 3.63) is 65.2 Å². The van der Waals surface area contributed by atoms with Crippen LogP contribution in [-0.2, 0) is 12.3 Å². The maximum Gasteiger partial charge on any atom is 0.123 e. The largest absolute Gasteiger partial charge is 0.336 e. The van der Waals surface area contributed by atoms with E-state index < -0.39 is 0 Å². The Morgan fingerprint density at radius 1 is 0.950 bits per heavy atom. The summed E-state index contributed by atoms with van der Waals surface area (Å²) in [6.07, 6.45) is 0. The predicted octanol–water partition coefficient (Wildman–Crippen LogP) is 2.90. The van der Waals surface area contributed by atoms with Gasteiger partial charge in [-0.25, -0.2) is 8.78 Å². The molecule has 1 nitrogen and oxygen atoms in total. The van der Waals surface area contributed by atoms with E-state index in [4.69, 9.17) is 0 Å². The highest BCUT2D eigenvalue weighted by molar-refractivity contribution is 7.98. The molecule has 1 N–H and O–H groups in total. The molecule has 0 heterocycles. The fourth-order valence-electron chi connectivity index (χ4n) is 1.95. The summed E-state index contributed by atoms with van der Waals surface area (Å²) in [5, 5.41) is 0. The van der Waals surface area contributed by atoms with Crippen LogP contribution in [0.15, 0.2) is 47.4 Å². The molecule has 106 valence electrons. The fraction of sp³-hybridized carbons (Fsp3) is 0.250. The lowest BCUT2D eigenvalue weighted by Gasteiger charge is -2.12. The molecule has 0 bridgehead atoms. The third kappa shape index (κ3) is 4.32. The van der Waals surface area contributed by atoms with Gasteiger partial charge in [0.25, 0.3) is 0 Å². The number of quaternary nitrogens is 1. The van der Waals surface area contributed by atoms with Crippen molar-refractivity contribution in [3.8, 4) is 0 Å². The molecule has 0 unspecified atom stereocenters. The Kier molecular flexibility index (Phi) is 5.15. The minimum Gasteiger partial charge on any atom is -0.336 e. The Labute approximate surface area is 122 Å². The number of hydrogen-bond donors (Lipinski definition) is 1. The Morgan fingerprint density at radius 3 is 2.25 bits per heavy atom. The van der Waals surface area contributed by atoms with Crippen LogP contribution in [0.2, 0.25) is 0 Å². The molecule has 0 spiro atoms. The van der Waals surface area contributed by atoms with Crippen molar-refractivity contribution in [1.29, 1.82) is 0 Å². The fourth-order valence-corrected chi connectivity index (χ4v) is 2.94. The summed E-state index contributed by atoms with van der Waals surface area (Å²) in [6.45, 7) is 0.781. The summed E-state index contributed by atoms with van der Waals surface area (Å²) in [5.41, 5.74) is 2.07. The number of benzene rings is 2. The van der Waals surface area contributed by atoms with E-state index in [2.05, 4.69) is 0 Å². The number of rotatable bonds is 5. The lowest BCUT2D eigenvalue weighted by atomic mass is 10.2. The zero-order valence-electron chi connectivity index (χ0n) is 11.6. The Bertz CT molecular complexity index is 567. The summed E-state index contributed by atoms with van der Waals surface area (Å²) < 4.78 is 26.2. The van der Waals surface area contributed by atoms with E-state index in [1.54, 1.807) is 30.0 Å². The lowest BCUT2D eigenvalue weighted by Crippen LogP contribution is -3.04. The van der Waals surface area contributed by atoms with Gasteiger partial charge in [-0.2, -0.15) is 0 Å². The van der Waals surface area contributed by atoms with Gasteiger partial charge in [-0.15, -0.1) is 11.8 Å². The standard InChI is InChI=1S/C16H17F2NS/c1-19(2)10-13-9-15(18)7-8-16(13)20-11-12-3-5-14(17)6-4-12/h3-9H,10-11H2,1-2H3/p+1. The van der Waals surface area contributed by atoms with Crippen molar-refractivity contribution >= 4 is 11.8 Å². The number of nitrogens with one attached hydrogen (secondary N) is 1. The van der Waals surface area contributed by atoms with Crippen molar-refractivity contribution < 1.29 is 13.7 Å². The highest BCUT2D eigenvalue weighted by atomic mass is 32.2. The van der Waals surface area contributed by atoms with Crippen LogP contribution in [0.4, 0.5) is 8.78 Å². The smallest absolute Gasteiger partial charge is 0.123 e. The first-order chi connectivity index (χ1) is 9.54. The van der Waals surface area contributed by atoms with Crippen molar-refractivity contribution in [3.63, 3.8) is 0 Å². The minimum absolute atomic E-state index is 0.201. The van der Waals surface area contributed by atoms with Crippen molar-refractivity contribution in [2.75, 3.05) is 14.1 Å². The molecule has 2 aromatic carbocycles. The molecule has 0 radical (unpaired) electrons. The molecule has 0 aliphatic heterocycles. The summed E-state index contributed by atoms with van der Waals surface area (Å²) in [6, 6.07) is 11.4. The van der Waals surface area contributed by atoms with Gasteiger partial charge in [0, 0.05) is 16.2 Å². The topological polar surface area (TPSA) is 4.44 Å². The van der Waals surface area contributed by atoms with E-state index in [1.807, 2.05) is 20.2 Å². The molecule has 0 fully saturated rings. The van der Waals surface area contributed by atoms with Gasteiger partial charge >= 0.3 is 0 Å². The van der Waals surface area contributed by atoms with Crippen molar-refractivity contribution in [1.82, 2.24) is 0 Å². The maximum absolute atomic E-state index is 13.3. The van der Waals surface area contributed by atoms with Gasteiger partial charge in [-0.05, 0) is 35.9 Å². The number of halogens is 2. The molecule has 0 amide bonds. The Hall–Kier alpha value is -1.39. The molecule has 0 saturated carbocycles. The average molecular weight is 294 g/mol. The zero-order valence-corrected chi connectivity index (χ0v) is 12.4. The van der Waals surface area contributed by atoms with Crippen LogP contribution in [0.25, 0.3) is 0 Å². The third-order valence-electron chi connectivity index (χ3n) is 2.87. The summed E-state index contributed by atoms with van der Waals surface area (Å²) in [7, 11) is 4.08. The maximum atomic E-state index is 13.3. The average Bonchev–Trinajstić information content (AvgIpc) is 2.39. The van der Waals surface area contributed by atoms with Crippen LogP contribution in [0, 0.1) is 11.6 Å². The van der Waals surface area contributed by atoms with Crippen LogP contribution in [-0.4, -0.2) is 14.1 Å². The molecule has 0 aliphatic rings. The Balaban J connectivity index is 2.10. The molecule has 4 heteroatoms. The van der Waals surface area contributed by atoms with Crippen molar-refractivity contribution in [2.24, 2.45) is 0 Å². The first kappa shape index (κ1) is 15.0. The first-order valence-corrected chi connectivity index (χ1v) is 7.48. The van der Waals surface area contributed by atoms with E-state index in [1.165, 1.54) is 23.1 Å². The van der Waals surface area contributed by atoms with E-state index in [0.717, 1.165) is 28.3 Å².